The number of aliphatic hydroxyl groups is 1. The molecule has 0 atom stereocenters. The van der Waals surface area contributed by atoms with Crippen molar-refractivity contribution in [2.75, 3.05) is 20.2 Å². The first-order chi connectivity index (χ1) is 11.5. The van der Waals surface area contributed by atoms with Crippen molar-refractivity contribution in [1.29, 1.82) is 0 Å². The maximum atomic E-state index is 12.7. The molecule has 1 saturated heterocycles. The lowest BCUT2D eigenvalue weighted by Gasteiger charge is -2.37. The lowest BCUT2D eigenvalue weighted by atomic mass is 9.86. The predicted molar refractivity (Wildman–Crippen MR) is 89.1 cm³/mol. The highest BCUT2D eigenvalue weighted by Gasteiger charge is 2.38. The molecule has 1 N–H and O–H groups in total. The quantitative estimate of drug-likeness (QED) is 0.911. The summed E-state index contributed by atoms with van der Waals surface area (Å²) in [5.41, 5.74) is -0.299. The Kier molecular flexibility index (Phi) is 4.58. The largest absolute Gasteiger partial charge is 0.497 e. The molecule has 2 heterocycles. The summed E-state index contributed by atoms with van der Waals surface area (Å²) in [7, 11) is -2.03. The molecule has 128 valence electrons. The lowest BCUT2D eigenvalue weighted by Crippen LogP contribution is -2.45. The van der Waals surface area contributed by atoms with Gasteiger partial charge in [0, 0.05) is 31.0 Å². The Labute approximate surface area is 141 Å². The number of rotatable bonds is 4. The van der Waals surface area contributed by atoms with Gasteiger partial charge in [-0.05, 0) is 43.2 Å². The van der Waals surface area contributed by atoms with Gasteiger partial charge in [-0.25, -0.2) is 8.42 Å². The van der Waals surface area contributed by atoms with Crippen molar-refractivity contribution in [1.82, 2.24) is 9.29 Å². The molecule has 0 amide bonds. The van der Waals surface area contributed by atoms with E-state index in [1.165, 1.54) is 23.5 Å². The number of hydrogen-bond acceptors (Lipinski definition) is 5. The van der Waals surface area contributed by atoms with Crippen molar-refractivity contribution >= 4 is 10.0 Å². The zero-order valence-electron chi connectivity index (χ0n) is 13.4. The number of nitrogens with zero attached hydrogens (tertiary/aromatic N) is 2. The number of ether oxygens (including phenoxy) is 1. The molecule has 0 unspecified atom stereocenters. The number of sulfonamides is 1. The van der Waals surface area contributed by atoms with Crippen LogP contribution in [0.5, 0.6) is 5.75 Å². The van der Waals surface area contributed by atoms with Gasteiger partial charge in [-0.2, -0.15) is 4.31 Å². The highest BCUT2D eigenvalue weighted by atomic mass is 32.2. The van der Waals surface area contributed by atoms with Crippen LogP contribution in [-0.4, -0.2) is 43.0 Å². The molecule has 1 aromatic carbocycles. The molecular weight excluding hydrogens is 328 g/mol. The first-order valence-electron chi connectivity index (χ1n) is 7.73. The fraction of sp³-hybridized carbons (Fsp3) is 0.353. The molecule has 0 bridgehead atoms. The van der Waals surface area contributed by atoms with E-state index in [2.05, 4.69) is 4.98 Å². The second-order valence-corrected chi connectivity index (χ2v) is 7.79. The normalized spacial score (nSPS) is 18.2. The van der Waals surface area contributed by atoms with Crippen LogP contribution in [0, 0.1) is 0 Å². The van der Waals surface area contributed by atoms with E-state index < -0.39 is 15.6 Å². The molecule has 3 rings (SSSR count). The molecule has 0 radical (unpaired) electrons. The summed E-state index contributed by atoms with van der Waals surface area (Å²) in [4.78, 5) is 4.26. The fourth-order valence-electron chi connectivity index (χ4n) is 2.92. The van der Waals surface area contributed by atoms with Gasteiger partial charge in [0.05, 0.1) is 17.6 Å². The van der Waals surface area contributed by atoms with Crippen LogP contribution in [0.3, 0.4) is 0 Å². The molecule has 6 nitrogen and oxygen atoms in total. The molecule has 1 aliphatic heterocycles. The Balaban J connectivity index is 1.76. The Bertz CT molecular complexity index is 783. The number of piperidine rings is 1. The monoisotopic (exact) mass is 348 g/mol. The summed E-state index contributed by atoms with van der Waals surface area (Å²) in [6.45, 7) is 0.527. The van der Waals surface area contributed by atoms with Crippen LogP contribution in [0.4, 0.5) is 0 Å². The third-order valence-electron chi connectivity index (χ3n) is 4.45. The first kappa shape index (κ1) is 16.9. The molecule has 1 aromatic heterocycles. The molecule has 0 saturated carbocycles. The summed E-state index contributed by atoms with van der Waals surface area (Å²) >= 11 is 0. The van der Waals surface area contributed by atoms with Gasteiger partial charge in [-0.15, -0.1) is 0 Å². The van der Waals surface area contributed by atoms with Crippen LogP contribution in [0.1, 0.15) is 18.4 Å². The molecule has 7 heteroatoms. The zero-order valence-corrected chi connectivity index (χ0v) is 14.2. The van der Waals surface area contributed by atoms with E-state index in [4.69, 9.17) is 4.74 Å². The Morgan fingerprint density at radius 1 is 1.17 bits per heavy atom. The summed E-state index contributed by atoms with van der Waals surface area (Å²) in [5.74, 6) is 0.610. The summed E-state index contributed by atoms with van der Waals surface area (Å²) in [5, 5.41) is 10.8. The second-order valence-electron chi connectivity index (χ2n) is 5.85. The zero-order chi connectivity index (χ0) is 17.2. The molecule has 2 aromatic rings. The molecule has 1 fully saturated rings. The average molecular weight is 348 g/mol. The van der Waals surface area contributed by atoms with Crippen LogP contribution < -0.4 is 4.74 Å². The topological polar surface area (TPSA) is 79.7 Å². The highest BCUT2D eigenvalue weighted by Crippen LogP contribution is 2.34. The number of aromatic nitrogens is 1. The summed E-state index contributed by atoms with van der Waals surface area (Å²) in [6.07, 6.45) is 3.96. The summed E-state index contributed by atoms with van der Waals surface area (Å²) < 4.78 is 31.9. The highest BCUT2D eigenvalue weighted by molar-refractivity contribution is 7.89. The predicted octanol–water partition coefficient (Wildman–Crippen LogP) is 1.76. The smallest absolute Gasteiger partial charge is 0.243 e. The molecule has 1 aliphatic rings. The third-order valence-corrected chi connectivity index (χ3v) is 6.36. The molecule has 0 aliphatic carbocycles. The Hall–Kier alpha value is -1.96. The van der Waals surface area contributed by atoms with Crippen LogP contribution in [0.15, 0.2) is 53.7 Å². The van der Waals surface area contributed by atoms with Gasteiger partial charge in [-0.3, -0.25) is 4.98 Å². The van der Waals surface area contributed by atoms with Crippen molar-refractivity contribution in [2.24, 2.45) is 0 Å². The van der Waals surface area contributed by atoms with Gasteiger partial charge in [0.25, 0.3) is 0 Å². The standard InChI is InChI=1S/C17H20N2O4S/c1-23-15-4-6-16(7-5-15)24(21,22)19-11-8-17(20,9-12-19)14-3-2-10-18-13-14/h2-7,10,13,20H,8-9,11-12H2,1H3. The number of pyridine rings is 1. The SMILES string of the molecule is COc1ccc(S(=O)(=O)N2CCC(O)(c3cccnc3)CC2)cc1. The van der Waals surface area contributed by atoms with E-state index in [1.807, 2.05) is 6.07 Å². The van der Waals surface area contributed by atoms with Gasteiger partial charge < -0.3 is 9.84 Å². The van der Waals surface area contributed by atoms with Crippen LogP contribution in [-0.2, 0) is 15.6 Å². The van der Waals surface area contributed by atoms with E-state index in [-0.39, 0.29) is 18.0 Å². The van der Waals surface area contributed by atoms with Crippen molar-refractivity contribution in [3.8, 4) is 5.75 Å². The van der Waals surface area contributed by atoms with Crippen molar-refractivity contribution < 1.29 is 18.3 Å². The van der Waals surface area contributed by atoms with Gasteiger partial charge in [0.1, 0.15) is 5.75 Å². The number of methoxy groups -OCH3 is 1. The average Bonchev–Trinajstić information content (AvgIpc) is 2.63. The van der Waals surface area contributed by atoms with Crippen LogP contribution in [0.2, 0.25) is 0 Å². The van der Waals surface area contributed by atoms with Gasteiger partial charge in [0.15, 0.2) is 0 Å². The van der Waals surface area contributed by atoms with E-state index >= 15 is 0 Å². The van der Waals surface area contributed by atoms with E-state index in [1.54, 1.807) is 30.6 Å². The second kappa shape index (κ2) is 6.51. The van der Waals surface area contributed by atoms with Crippen molar-refractivity contribution in [2.45, 2.75) is 23.3 Å². The van der Waals surface area contributed by atoms with Crippen molar-refractivity contribution in [3.63, 3.8) is 0 Å². The van der Waals surface area contributed by atoms with Crippen LogP contribution in [0.25, 0.3) is 0 Å². The Morgan fingerprint density at radius 3 is 2.38 bits per heavy atom. The number of benzene rings is 1. The van der Waals surface area contributed by atoms with E-state index in [9.17, 15) is 13.5 Å². The minimum Gasteiger partial charge on any atom is -0.497 e. The van der Waals surface area contributed by atoms with Gasteiger partial charge in [0.2, 0.25) is 10.0 Å². The number of hydrogen-bond donors (Lipinski definition) is 1. The van der Waals surface area contributed by atoms with Crippen molar-refractivity contribution in [3.05, 3.63) is 54.4 Å². The Morgan fingerprint density at radius 2 is 1.83 bits per heavy atom. The maximum Gasteiger partial charge on any atom is 0.243 e. The van der Waals surface area contributed by atoms with E-state index in [0.717, 1.165) is 5.56 Å². The molecule has 0 spiro atoms. The molecular formula is C17H20N2O4S. The lowest BCUT2D eigenvalue weighted by molar-refractivity contribution is -0.00989. The summed E-state index contributed by atoms with van der Waals surface area (Å²) in [6, 6.07) is 9.92. The van der Waals surface area contributed by atoms with Gasteiger partial charge in [-0.1, -0.05) is 6.07 Å². The fourth-order valence-corrected chi connectivity index (χ4v) is 4.36. The van der Waals surface area contributed by atoms with Crippen LogP contribution >= 0.6 is 0 Å². The third kappa shape index (κ3) is 3.15. The van der Waals surface area contributed by atoms with Gasteiger partial charge >= 0.3 is 0 Å². The minimum atomic E-state index is -3.57. The maximum absolute atomic E-state index is 12.7. The molecule has 24 heavy (non-hydrogen) atoms. The van der Waals surface area contributed by atoms with E-state index in [0.29, 0.717) is 18.6 Å². The minimum absolute atomic E-state index is 0.232. The first-order valence-corrected chi connectivity index (χ1v) is 9.17.